The number of hydrogen-bond acceptors (Lipinski definition) is 3. The van der Waals surface area contributed by atoms with Gasteiger partial charge < -0.3 is 4.74 Å². The summed E-state index contributed by atoms with van der Waals surface area (Å²) in [5, 5.41) is 4.27. The highest BCUT2D eigenvalue weighted by molar-refractivity contribution is 7.82. The zero-order chi connectivity index (χ0) is 18.3. The van der Waals surface area contributed by atoms with E-state index in [1.807, 2.05) is 23.7 Å². The molecule has 2 unspecified atom stereocenters. The highest BCUT2D eigenvalue weighted by Gasteiger charge is 2.33. The number of benzene rings is 1. The Kier molecular flexibility index (Phi) is 4.52. The Hall–Kier alpha value is -2.22. The van der Waals surface area contributed by atoms with Crippen molar-refractivity contribution in [3.63, 3.8) is 0 Å². The normalized spacial score (nSPS) is 21.5. The summed E-state index contributed by atoms with van der Waals surface area (Å²) in [6, 6.07) is 7.58. The standard InChI is InChI=1S/C18H19F2N3O2S/c1-12-2-6-15(7-3-12)26(24)22-10-16(25-17(11-22)18(19)20)13-8-21-23(9-13)14-4-5-14/h2-3,6-10,14,17-18H,4-5,11H2,1H3. The first-order valence-corrected chi connectivity index (χ1v) is 9.58. The molecule has 0 spiro atoms. The highest BCUT2D eigenvalue weighted by atomic mass is 32.2. The van der Waals surface area contributed by atoms with Crippen molar-refractivity contribution in [1.29, 1.82) is 0 Å². The molecule has 2 atom stereocenters. The Balaban J connectivity index is 1.63. The lowest BCUT2D eigenvalue weighted by Crippen LogP contribution is -2.39. The summed E-state index contributed by atoms with van der Waals surface area (Å²) < 4.78 is 48.2. The van der Waals surface area contributed by atoms with E-state index in [4.69, 9.17) is 4.74 Å². The lowest BCUT2D eigenvalue weighted by Gasteiger charge is -2.31. The Labute approximate surface area is 152 Å². The first-order chi connectivity index (χ1) is 12.5. The number of aromatic nitrogens is 2. The van der Waals surface area contributed by atoms with Crippen LogP contribution in [0.2, 0.25) is 0 Å². The van der Waals surface area contributed by atoms with Crippen LogP contribution in [0, 0.1) is 6.92 Å². The molecule has 1 fully saturated rings. The third-order valence-electron chi connectivity index (χ3n) is 4.42. The zero-order valence-corrected chi connectivity index (χ0v) is 15.0. The van der Waals surface area contributed by atoms with E-state index in [-0.39, 0.29) is 12.3 Å². The van der Waals surface area contributed by atoms with E-state index in [9.17, 15) is 13.0 Å². The fourth-order valence-electron chi connectivity index (χ4n) is 2.77. The summed E-state index contributed by atoms with van der Waals surface area (Å²) in [6.07, 6.45) is 3.08. The lowest BCUT2D eigenvalue weighted by atomic mass is 10.2. The highest BCUT2D eigenvalue weighted by Crippen LogP contribution is 2.35. The van der Waals surface area contributed by atoms with Gasteiger partial charge in [-0.1, -0.05) is 17.7 Å². The van der Waals surface area contributed by atoms with Crippen molar-refractivity contribution < 1.29 is 17.7 Å². The predicted molar refractivity (Wildman–Crippen MR) is 93.6 cm³/mol. The van der Waals surface area contributed by atoms with Crippen LogP contribution in [0.3, 0.4) is 0 Å². The molecule has 2 heterocycles. The van der Waals surface area contributed by atoms with Gasteiger partial charge in [-0.2, -0.15) is 5.10 Å². The molecule has 0 N–H and O–H groups in total. The van der Waals surface area contributed by atoms with Crippen LogP contribution >= 0.6 is 0 Å². The minimum atomic E-state index is -2.67. The fourth-order valence-corrected chi connectivity index (χ4v) is 3.89. The number of alkyl halides is 2. The Morgan fingerprint density at radius 1 is 1.27 bits per heavy atom. The van der Waals surface area contributed by atoms with E-state index in [1.54, 1.807) is 30.7 Å². The summed E-state index contributed by atoms with van der Waals surface area (Å²) in [5.74, 6) is 0.272. The van der Waals surface area contributed by atoms with Gasteiger partial charge in [0.15, 0.2) is 17.1 Å². The predicted octanol–water partition coefficient (Wildman–Crippen LogP) is 3.51. The third kappa shape index (κ3) is 3.51. The van der Waals surface area contributed by atoms with Crippen LogP contribution in [-0.4, -0.2) is 37.4 Å². The molecule has 138 valence electrons. The zero-order valence-electron chi connectivity index (χ0n) is 14.2. The smallest absolute Gasteiger partial charge is 0.276 e. The summed E-state index contributed by atoms with van der Waals surface area (Å²) >= 11 is 0. The van der Waals surface area contributed by atoms with Crippen LogP contribution in [0.5, 0.6) is 0 Å². The molecule has 1 aliphatic heterocycles. The largest absolute Gasteiger partial charge is 0.480 e. The van der Waals surface area contributed by atoms with Crippen LogP contribution in [0.1, 0.15) is 30.0 Å². The Morgan fingerprint density at radius 2 is 2.00 bits per heavy atom. The van der Waals surface area contributed by atoms with Gasteiger partial charge in [0.2, 0.25) is 0 Å². The van der Waals surface area contributed by atoms with Gasteiger partial charge in [-0.25, -0.2) is 13.0 Å². The van der Waals surface area contributed by atoms with Crippen LogP contribution in [-0.2, 0) is 15.7 Å². The first-order valence-electron chi connectivity index (χ1n) is 8.47. The van der Waals surface area contributed by atoms with Crippen LogP contribution in [0.4, 0.5) is 8.78 Å². The molecule has 5 nitrogen and oxygen atoms in total. The second kappa shape index (κ2) is 6.83. The second-order valence-electron chi connectivity index (χ2n) is 6.59. The summed E-state index contributed by atoms with van der Waals surface area (Å²) in [6.45, 7) is 1.79. The molecular formula is C18H19F2N3O2S. The third-order valence-corrected chi connectivity index (χ3v) is 5.78. The monoisotopic (exact) mass is 379 g/mol. The second-order valence-corrected chi connectivity index (χ2v) is 8.02. The molecule has 1 aliphatic carbocycles. The SMILES string of the molecule is Cc1ccc(S(=O)N2C=C(c3cnn(C4CC4)c3)OC(C(F)F)C2)cc1. The summed E-state index contributed by atoms with van der Waals surface area (Å²) in [7, 11) is -1.58. The van der Waals surface area contributed by atoms with E-state index < -0.39 is 23.5 Å². The van der Waals surface area contributed by atoms with E-state index in [1.165, 1.54) is 4.31 Å². The van der Waals surface area contributed by atoms with Crippen molar-refractivity contribution in [3.05, 3.63) is 54.0 Å². The first kappa shape index (κ1) is 17.2. The topological polar surface area (TPSA) is 47.4 Å². The van der Waals surface area contributed by atoms with Crippen molar-refractivity contribution in [2.24, 2.45) is 0 Å². The maximum absolute atomic E-state index is 13.3. The minimum absolute atomic E-state index is 0.140. The van der Waals surface area contributed by atoms with Crippen molar-refractivity contribution in [2.45, 2.75) is 43.2 Å². The molecule has 0 radical (unpaired) electrons. The molecule has 0 amide bonds. The van der Waals surface area contributed by atoms with Gasteiger partial charge in [0.05, 0.1) is 35.4 Å². The molecule has 0 bridgehead atoms. The molecule has 2 aliphatic rings. The van der Waals surface area contributed by atoms with Crippen LogP contribution < -0.4 is 0 Å². The molecular weight excluding hydrogens is 360 g/mol. The van der Waals surface area contributed by atoms with Crippen molar-refractivity contribution in [1.82, 2.24) is 14.1 Å². The van der Waals surface area contributed by atoms with Gasteiger partial charge in [-0.15, -0.1) is 0 Å². The maximum atomic E-state index is 13.3. The van der Waals surface area contributed by atoms with E-state index in [0.29, 0.717) is 16.5 Å². The quantitative estimate of drug-likeness (QED) is 0.799. The number of nitrogens with zero attached hydrogens (tertiary/aromatic N) is 3. The van der Waals surface area contributed by atoms with Crippen molar-refractivity contribution in [2.75, 3.05) is 6.54 Å². The van der Waals surface area contributed by atoms with E-state index >= 15 is 0 Å². The number of halogens is 2. The molecule has 4 rings (SSSR count). The van der Waals surface area contributed by atoms with Gasteiger partial charge >= 0.3 is 0 Å². The fraction of sp³-hybridized carbons (Fsp3) is 0.389. The average molecular weight is 379 g/mol. The number of aryl methyl sites for hydroxylation is 1. The van der Waals surface area contributed by atoms with Crippen molar-refractivity contribution in [3.8, 4) is 0 Å². The molecule has 26 heavy (non-hydrogen) atoms. The van der Waals surface area contributed by atoms with Gasteiger partial charge in [0, 0.05) is 6.20 Å². The minimum Gasteiger partial charge on any atom is -0.480 e. The molecule has 8 heteroatoms. The van der Waals surface area contributed by atoms with Crippen LogP contribution in [0.15, 0.2) is 47.8 Å². The molecule has 1 aromatic heterocycles. The molecule has 0 saturated heterocycles. The number of hydrogen-bond donors (Lipinski definition) is 0. The average Bonchev–Trinajstić information content (AvgIpc) is 3.38. The van der Waals surface area contributed by atoms with Crippen molar-refractivity contribution >= 4 is 16.7 Å². The number of ether oxygens (including phenoxy) is 1. The summed E-state index contributed by atoms with van der Waals surface area (Å²) in [5.41, 5.74) is 1.66. The number of rotatable bonds is 5. The van der Waals surface area contributed by atoms with Gasteiger partial charge in [0.25, 0.3) is 6.43 Å². The van der Waals surface area contributed by atoms with E-state index in [0.717, 1.165) is 18.4 Å². The summed E-state index contributed by atoms with van der Waals surface area (Å²) in [4.78, 5) is 0.565. The molecule has 1 aromatic carbocycles. The maximum Gasteiger partial charge on any atom is 0.276 e. The van der Waals surface area contributed by atoms with Crippen LogP contribution in [0.25, 0.3) is 5.76 Å². The lowest BCUT2D eigenvalue weighted by molar-refractivity contribution is -0.0164. The van der Waals surface area contributed by atoms with Gasteiger partial charge in [-0.3, -0.25) is 8.99 Å². The van der Waals surface area contributed by atoms with Gasteiger partial charge in [-0.05, 0) is 31.9 Å². The Bertz CT molecular complexity index is 846. The Morgan fingerprint density at radius 3 is 2.65 bits per heavy atom. The van der Waals surface area contributed by atoms with E-state index in [2.05, 4.69) is 5.10 Å². The van der Waals surface area contributed by atoms with Gasteiger partial charge in [0.1, 0.15) is 5.76 Å². The molecule has 1 saturated carbocycles. The molecule has 2 aromatic rings.